The van der Waals surface area contributed by atoms with Crippen molar-refractivity contribution >= 4 is 11.6 Å². The van der Waals surface area contributed by atoms with Crippen molar-refractivity contribution in [3.8, 4) is 0 Å². The first-order valence-corrected chi connectivity index (χ1v) is 6.41. The molecule has 1 aliphatic carbocycles. The molecule has 0 bridgehead atoms. The van der Waals surface area contributed by atoms with Gasteiger partial charge in [-0.1, -0.05) is 18.0 Å². The Bertz CT molecular complexity index is 375. The highest BCUT2D eigenvalue weighted by molar-refractivity contribution is 6.31. The van der Waals surface area contributed by atoms with Gasteiger partial charge in [0.15, 0.2) is 0 Å². The molecule has 1 aliphatic rings. The fraction of sp³-hybridized carbons (Fsp3) is 0.750. The summed E-state index contributed by atoms with van der Waals surface area (Å²) in [6.07, 6.45) is 3.86. The minimum atomic E-state index is -0.156. The van der Waals surface area contributed by atoms with Crippen LogP contribution < -0.4 is 0 Å². The average molecular weight is 243 g/mol. The number of halogens is 1. The number of aliphatic hydroxyl groups is 1. The lowest BCUT2D eigenvalue weighted by Gasteiger charge is -2.15. The molecule has 0 amide bonds. The Morgan fingerprint density at radius 2 is 2.25 bits per heavy atom. The third kappa shape index (κ3) is 2.11. The van der Waals surface area contributed by atoms with E-state index in [1.165, 1.54) is 0 Å². The highest BCUT2D eigenvalue weighted by atomic mass is 35.5. The monoisotopic (exact) mass is 242 g/mol. The number of nitrogens with zero attached hydrogens (tertiary/aromatic N) is 2. The molecule has 1 saturated carbocycles. The largest absolute Gasteiger partial charge is 0.393 e. The topological polar surface area (TPSA) is 38.0 Å². The van der Waals surface area contributed by atoms with E-state index in [0.717, 1.165) is 48.6 Å². The standard InChI is InChI=1S/C12H19ClN2O/c1-3-15-10(12(13)8(2)14-15)7-9-5-4-6-11(9)16/h9,11,16H,3-7H2,1-2H3. The first kappa shape index (κ1) is 11.9. The van der Waals surface area contributed by atoms with E-state index in [1.807, 2.05) is 11.6 Å². The summed E-state index contributed by atoms with van der Waals surface area (Å²) < 4.78 is 1.96. The summed E-state index contributed by atoms with van der Waals surface area (Å²) in [4.78, 5) is 0. The van der Waals surface area contributed by atoms with Crippen LogP contribution in [-0.2, 0) is 13.0 Å². The third-order valence-electron chi connectivity index (χ3n) is 3.53. The van der Waals surface area contributed by atoms with Crippen molar-refractivity contribution in [3.05, 3.63) is 16.4 Å². The van der Waals surface area contributed by atoms with Gasteiger partial charge in [0.05, 0.1) is 22.5 Å². The van der Waals surface area contributed by atoms with Gasteiger partial charge in [0.2, 0.25) is 0 Å². The Morgan fingerprint density at radius 1 is 1.50 bits per heavy atom. The highest BCUT2D eigenvalue weighted by Crippen LogP contribution is 2.31. The van der Waals surface area contributed by atoms with Crippen molar-refractivity contribution < 1.29 is 5.11 Å². The Balaban J connectivity index is 2.19. The normalized spacial score (nSPS) is 25.2. The molecule has 1 aromatic heterocycles. The summed E-state index contributed by atoms with van der Waals surface area (Å²) in [5.41, 5.74) is 1.98. The maximum atomic E-state index is 9.84. The fourth-order valence-electron chi connectivity index (χ4n) is 2.57. The average Bonchev–Trinajstić information content (AvgIpc) is 2.78. The molecule has 0 aliphatic heterocycles. The summed E-state index contributed by atoms with van der Waals surface area (Å²) in [5, 5.41) is 15.0. The van der Waals surface area contributed by atoms with Gasteiger partial charge >= 0.3 is 0 Å². The Hall–Kier alpha value is -0.540. The van der Waals surface area contributed by atoms with Gasteiger partial charge in [-0.3, -0.25) is 4.68 Å². The first-order chi connectivity index (χ1) is 7.63. The number of hydrogen-bond donors (Lipinski definition) is 1. The van der Waals surface area contributed by atoms with Crippen LogP contribution in [0.2, 0.25) is 5.02 Å². The van der Waals surface area contributed by atoms with Crippen LogP contribution in [-0.4, -0.2) is 21.0 Å². The summed E-state index contributed by atoms with van der Waals surface area (Å²) >= 11 is 6.25. The van der Waals surface area contributed by atoms with Gasteiger partial charge in [-0.2, -0.15) is 5.10 Å². The van der Waals surface area contributed by atoms with Gasteiger partial charge in [0.1, 0.15) is 0 Å². The van der Waals surface area contributed by atoms with Crippen LogP contribution in [0.5, 0.6) is 0 Å². The predicted molar refractivity (Wildman–Crippen MR) is 64.7 cm³/mol. The Morgan fingerprint density at radius 3 is 2.81 bits per heavy atom. The zero-order chi connectivity index (χ0) is 11.7. The highest BCUT2D eigenvalue weighted by Gasteiger charge is 2.27. The van der Waals surface area contributed by atoms with E-state index in [1.54, 1.807) is 0 Å². The van der Waals surface area contributed by atoms with E-state index in [0.29, 0.717) is 5.92 Å². The lowest BCUT2D eigenvalue weighted by molar-refractivity contribution is 0.131. The molecule has 1 N–H and O–H groups in total. The van der Waals surface area contributed by atoms with Crippen molar-refractivity contribution in [2.45, 2.75) is 52.2 Å². The fourth-order valence-corrected chi connectivity index (χ4v) is 2.78. The van der Waals surface area contributed by atoms with Gasteiger partial charge in [-0.15, -0.1) is 0 Å². The predicted octanol–water partition coefficient (Wildman–Crippen LogP) is 2.57. The number of aryl methyl sites for hydroxylation is 2. The zero-order valence-corrected chi connectivity index (χ0v) is 10.7. The first-order valence-electron chi connectivity index (χ1n) is 6.03. The molecule has 3 nitrogen and oxygen atoms in total. The van der Waals surface area contributed by atoms with Gasteiger partial charge in [0, 0.05) is 6.54 Å². The van der Waals surface area contributed by atoms with Crippen LogP contribution in [0, 0.1) is 12.8 Å². The molecular weight excluding hydrogens is 224 g/mol. The molecule has 2 atom stereocenters. The molecule has 0 radical (unpaired) electrons. The Labute approximate surface area is 101 Å². The minimum absolute atomic E-state index is 0.156. The van der Waals surface area contributed by atoms with E-state index in [4.69, 9.17) is 11.6 Å². The lowest BCUT2D eigenvalue weighted by atomic mass is 9.99. The zero-order valence-electron chi connectivity index (χ0n) is 9.91. The molecule has 2 rings (SSSR count). The molecule has 16 heavy (non-hydrogen) atoms. The SMILES string of the molecule is CCn1nc(C)c(Cl)c1CC1CCCC1O. The molecule has 0 spiro atoms. The molecule has 0 saturated heterocycles. The van der Waals surface area contributed by atoms with Crippen molar-refractivity contribution in [1.29, 1.82) is 0 Å². The van der Waals surface area contributed by atoms with E-state index in [9.17, 15) is 5.11 Å². The van der Waals surface area contributed by atoms with Crippen LogP contribution in [0.4, 0.5) is 0 Å². The second-order valence-corrected chi connectivity index (χ2v) is 5.00. The van der Waals surface area contributed by atoms with Crippen LogP contribution in [0.25, 0.3) is 0 Å². The minimum Gasteiger partial charge on any atom is -0.393 e. The summed E-state index contributed by atoms with van der Waals surface area (Å²) in [6.45, 7) is 4.84. The second-order valence-electron chi connectivity index (χ2n) is 4.62. The van der Waals surface area contributed by atoms with Gasteiger partial charge in [0.25, 0.3) is 0 Å². The van der Waals surface area contributed by atoms with E-state index < -0.39 is 0 Å². The number of aliphatic hydroxyl groups excluding tert-OH is 1. The molecule has 4 heteroatoms. The number of rotatable bonds is 3. The molecule has 0 aromatic carbocycles. The third-order valence-corrected chi connectivity index (χ3v) is 4.02. The maximum Gasteiger partial charge on any atom is 0.0847 e. The molecule has 1 fully saturated rings. The van der Waals surface area contributed by atoms with Crippen molar-refractivity contribution in [2.24, 2.45) is 5.92 Å². The van der Waals surface area contributed by atoms with Crippen LogP contribution >= 0.6 is 11.6 Å². The Kier molecular flexibility index (Phi) is 3.55. The number of aromatic nitrogens is 2. The number of hydrogen-bond acceptors (Lipinski definition) is 2. The second kappa shape index (κ2) is 4.76. The van der Waals surface area contributed by atoms with Crippen LogP contribution in [0.3, 0.4) is 0 Å². The quantitative estimate of drug-likeness (QED) is 0.885. The molecule has 1 aromatic rings. The van der Waals surface area contributed by atoms with Crippen LogP contribution in [0.15, 0.2) is 0 Å². The van der Waals surface area contributed by atoms with Crippen molar-refractivity contribution in [3.63, 3.8) is 0 Å². The molecule has 2 unspecified atom stereocenters. The molecular formula is C12H19ClN2O. The van der Waals surface area contributed by atoms with E-state index in [2.05, 4.69) is 12.0 Å². The lowest BCUT2D eigenvalue weighted by Crippen LogP contribution is -2.17. The summed E-state index contributed by atoms with van der Waals surface area (Å²) in [7, 11) is 0. The van der Waals surface area contributed by atoms with E-state index >= 15 is 0 Å². The maximum absolute atomic E-state index is 9.84. The smallest absolute Gasteiger partial charge is 0.0847 e. The van der Waals surface area contributed by atoms with Crippen molar-refractivity contribution in [1.82, 2.24) is 9.78 Å². The molecule has 1 heterocycles. The summed E-state index contributed by atoms with van der Waals surface area (Å²) in [5.74, 6) is 0.360. The molecule has 90 valence electrons. The van der Waals surface area contributed by atoms with Gasteiger partial charge < -0.3 is 5.11 Å². The summed E-state index contributed by atoms with van der Waals surface area (Å²) in [6, 6.07) is 0. The van der Waals surface area contributed by atoms with E-state index in [-0.39, 0.29) is 6.10 Å². The van der Waals surface area contributed by atoms with Crippen LogP contribution in [0.1, 0.15) is 37.6 Å². The van der Waals surface area contributed by atoms with Gasteiger partial charge in [-0.05, 0) is 39.0 Å². The van der Waals surface area contributed by atoms with Crippen molar-refractivity contribution in [2.75, 3.05) is 0 Å². The van der Waals surface area contributed by atoms with Gasteiger partial charge in [-0.25, -0.2) is 0 Å².